The standard InChI is InChI=1S/C38H61NO5/c1-25(2)9-8-10-26(3)32-14-15-33-31-13-11-28-24-30(17-19-37(28,5)34(31)18-20-38(32,33)6)44-35(41)16-12-29(40)23-27(4)36(42)39-21-22-43-7/h11,13,25-27,30,32-34H,8-10,12,14-24H2,1-7H3,(H,39,42)/t26-,27?,30+,32?,33?,34?,37+,38-/m1/s1. The molecule has 0 heterocycles. The number of carbonyl (C=O) groups excluding carboxylic acids is 3. The van der Waals surface area contributed by atoms with Crippen LogP contribution in [0.3, 0.4) is 0 Å². The number of Topliss-reactive ketones (excluding diaryl/α,β-unsaturated/α-hetero) is 1. The third kappa shape index (κ3) is 7.88. The zero-order valence-electron chi connectivity index (χ0n) is 28.8. The number of esters is 1. The van der Waals surface area contributed by atoms with E-state index >= 15 is 0 Å². The summed E-state index contributed by atoms with van der Waals surface area (Å²) >= 11 is 0. The van der Waals surface area contributed by atoms with E-state index in [4.69, 9.17) is 9.47 Å². The minimum atomic E-state index is -0.423. The number of fused-ring (bicyclic) bond motifs is 5. The Morgan fingerprint density at radius 2 is 1.73 bits per heavy atom. The van der Waals surface area contributed by atoms with E-state index in [1.165, 1.54) is 50.5 Å². The second-order valence-corrected chi connectivity index (χ2v) is 15.7. The molecule has 0 bridgehead atoms. The highest BCUT2D eigenvalue weighted by atomic mass is 16.5. The first-order valence-electron chi connectivity index (χ1n) is 17.8. The number of hydrogen-bond acceptors (Lipinski definition) is 5. The van der Waals surface area contributed by atoms with Gasteiger partial charge >= 0.3 is 5.97 Å². The Balaban J connectivity index is 1.29. The average molecular weight is 612 g/mol. The molecule has 0 saturated heterocycles. The van der Waals surface area contributed by atoms with Crippen LogP contribution in [0.15, 0.2) is 23.3 Å². The number of amides is 1. The molecule has 0 aromatic carbocycles. The van der Waals surface area contributed by atoms with Crippen molar-refractivity contribution < 1.29 is 23.9 Å². The first-order valence-corrected chi connectivity index (χ1v) is 17.8. The van der Waals surface area contributed by atoms with Gasteiger partial charge in [-0.15, -0.1) is 0 Å². The molecule has 0 aromatic rings. The molecule has 6 heteroatoms. The fourth-order valence-corrected chi connectivity index (χ4v) is 9.57. The van der Waals surface area contributed by atoms with Gasteiger partial charge in [0.05, 0.1) is 13.0 Å². The predicted molar refractivity (Wildman–Crippen MR) is 176 cm³/mol. The molecule has 4 rings (SSSR count). The molecule has 44 heavy (non-hydrogen) atoms. The monoisotopic (exact) mass is 611 g/mol. The summed E-state index contributed by atoms with van der Waals surface area (Å²) in [5, 5.41) is 2.76. The Morgan fingerprint density at radius 3 is 2.45 bits per heavy atom. The van der Waals surface area contributed by atoms with Gasteiger partial charge in [0.2, 0.25) is 5.91 Å². The van der Waals surface area contributed by atoms with Gasteiger partial charge in [0.15, 0.2) is 0 Å². The van der Waals surface area contributed by atoms with Crippen molar-refractivity contribution in [3.63, 3.8) is 0 Å². The second kappa shape index (κ2) is 15.1. The molecule has 0 spiro atoms. The molecular weight excluding hydrogens is 550 g/mol. The minimum absolute atomic E-state index is 0.0770. The lowest BCUT2D eigenvalue weighted by Crippen LogP contribution is -2.46. The molecule has 0 radical (unpaired) electrons. The van der Waals surface area contributed by atoms with E-state index < -0.39 is 5.92 Å². The van der Waals surface area contributed by atoms with Crippen molar-refractivity contribution in [2.75, 3.05) is 20.3 Å². The summed E-state index contributed by atoms with van der Waals surface area (Å²) in [4.78, 5) is 37.3. The van der Waals surface area contributed by atoms with Gasteiger partial charge in [0, 0.05) is 38.8 Å². The van der Waals surface area contributed by atoms with Crippen LogP contribution in [0.1, 0.15) is 125 Å². The molecule has 1 amide bonds. The molecule has 248 valence electrons. The maximum Gasteiger partial charge on any atom is 0.306 e. The highest BCUT2D eigenvalue weighted by Gasteiger charge is 2.57. The summed E-state index contributed by atoms with van der Waals surface area (Å²) in [5.74, 6) is 2.79. The maximum absolute atomic E-state index is 12.7. The third-order valence-corrected chi connectivity index (χ3v) is 12.2. The van der Waals surface area contributed by atoms with Crippen LogP contribution in [0.4, 0.5) is 0 Å². The topological polar surface area (TPSA) is 81.7 Å². The lowest BCUT2D eigenvalue weighted by molar-refractivity contribution is -0.151. The number of allylic oxidation sites excluding steroid dienone is 3. The Morgan fingerprint density at radius 1 is 0.955 bits per heavy atom. The van der Waals surface area contributed by atoms with Gasteiger partial charge < -0.3 is 14.8 Å². The zero-order valence-corrected chi connectivity index (χ0v) is 28.8. The fraction of sp³-hybridized carbons (Fsp3) is 0.816. The molecular formula is C38H61NO5. The minimum Gasteiger partial charge on any atom is -0.462 e. The highest BCUT2D eigenvalue weighted by molar-refractivity contribution is 5.88. The maximum atomic E-state index is 12.7. The number of ketones is 1. The van der Waals surface area contributed by atoms with Gasteiger partial charge in [-0.3, -0.25) is 14.4 Å². The van der Waals surface area contributed by atoms with E-state index in [0.717, 1.165) is 37.0 Å². The van der Waals surface area contributed by atoms with Crippen molar-refractivity contribution in [2.24, 2.45) is 46.3 Å². The van der Waals surface area contributed by atoms with Crippen molar-refractivity contribution in [1.82, 2.24) is 5.32 Å². The summed E-state index contributed by atoms with van der Waals surface area (Å²) in [5.41, 5.74) is 3.75. The summed E-state index contributed by atoms with van der Waals surface area (Å²) in [6, 6.07) is 0. The van der Waals surface area contributed by atoms with E-state index in [2.05, 4.69) is 52.1 Å². The molecule has 0 aliphatic heterocycles. The number of carbonyl (C=O) groups is 3. The van der Waals surface area contributed by atoms with Gasteiger partial charge in [-0.05, 0) is 78.9 Å². The van der Waals surface area contributed by atoms with Crippen LogP contribution in [-0.2, 0) is 23.9 Å². The van der Waals surface area contributed by atoms with Crippen molar-refractivity contribution in [3.05, 3.63) is 23.3 Å². The predicted octanol–water partition coefficient (Wildman–Crippen LogP) is 8.00. The molecule has 3 saturated carbocycles. The summed E-state index contributed by atoms with van der Waals surface area (Å²) in [7, 11) is 1.58. The van der Waals surface area contributed by atoms with Crippen molar-refractivity contribution >= 4 is 17.7 Å². The Kier molecular flexibility index (Phi) is 12.0. The molecule has 4 aliphatic rings. The van der Waals surface area contributed by atoms with E-state index in [9.17, 15) is 14.4 Å². The van der Waals surface area contributed by atoms with Crippen LogP contribution in [0.25, 0.3) is 0 Å². The SMILES string of the molecule is COCCNC(=O)C(C)CC(=O)CCC(=O)O[C@H]1CC[C@@]2(C)C(=CC=C3C4CCC([C@H](C)CCCC(C)C)[C@@]4(C)CCC32)C1. The van der Waals surface area contributed by atoms with Gasteiger partial charge in [-0.25, -0.2) is 0 Å². The Bertz CT molecular complexity index is 1090. The zero-order chi connectivity index (χ0) is 32.1. The van der Waals surface area contributed by atoms with Gasteiger partial charge in [0.1, 0.15) is 11.9 Å². The van der Waals surface area contributed by atoms with Gasteiger partial charge in [0.25, 0.3) is 0 Å². The van der Waals surface area contributed by atoms with E-state index in [-0.39, 0.29) is 48.4 Å². The second-order valence-electron chi connectivity index (χ2n) is 15.7. The van der Waals surface area contributed by atoms with Crippen molar-refractivity contribution in [2.45, 2.75) is 131 Å². The summed E-state index contributed by atoms with van der Waals surface area (Å²) < 4.78 is 10.9. The molecule has 8 atom stereocenters. The van der Waals surface area contributed by atoms with Crippen LogP contribution in [0.5, 0.6) is 0 Å². The lowest BCUT2D eigenvalue weighted by Gasteiger charge is -2.55. The molecule has 4 aliphatic carbocycles. The highest BCUT2D eigenvalue weighted by Crippen LogP contribution is 2.66. The van der Waals surface area contributed by atoms with Crippen LogP contribution >= 0.6 is 0 Å². The van der Waals surface area contributed by atoms with Crippen LogP contribution in [0.2, 0.25) is 0 Å². The van der Waals surface area contributed by atoms with Crippen LogP contribution in [-0.4, -0.2) is 44.0 Å². The van der Waals surface area contributed by atoms with Crippen molar-refractivity contribution in [1.29, 1.82) is 0 Å². The number of nitrogens with one attached hydrogen (secondary N) is 1. The molecule has 3 fully saturated rings. The largest absolute Gasteiger partial charge is 0.462 e. The number of rotatable bonds is 15. The number of ether oxygens (including phenoxy) is 2. The Labute approximate surface area is 267 Å². The smallest absolute Gasteiger partial charge is 0.306 e. The molecule has 6 nitrogen and oxygen atoms in total. The van der Waals surface area contributed by atoms with Crippen molar-refractivity contribution in [3.8, 4) is 0 Å². The molecule has 1 N–H and O–H groups in total. The van der Waals surface area contributed by atoms with Gasteiger partial charge in [-0.2, -0.15) is 0 Å². The van der Waals surface area contributed by atoms with E-state index in [1.807, 2.05) is 0 Å². The van der Waals surface area contributed by atoms with Crippen LogP contribution in [0, 0.1) is 46.3 Å². The average Bonchev–Trinajstić information content (AvgIpc) is 3.33. The Hall–Kier alpha value is -1.95. The molecule has 4 unspecified atom stereocenters. The first kappa shape index (κ1) is 34.9. The fourth-order valence-electron chi connectivity index (χ4n) is 9.57. The van der Waals surface area contributed by atoms with E-state index in [0.29, 0.717) is 30.4 Å². The normalized spacial score (nSPS) is 32.5. The van der Waals surface area contributed by atoms with Gasteiger partial charge in [-0.1, -0.05) is 84.1 Å². The van der Waals surface area contributed by atoms with Crippen LogP contribution < -0.4 is 5.32 Å². The van der Waals surface area contributed by atoms with E-state index in [1.54, 1.807) is 19.6 Å². The lowest BCUT2D eigenvalue weighted by atomic mass is 9.50. The first-order chi connectivity index (χ1) is 20.9. The third-order valence-electron chi connectivity index (χ3n) is 12.2. The number of methoxy groups -OCH3 is 1. The number of hydrogen-bond donors (Lipinski definition) is 1. The molecule has 0 aromatic heterocycles. The quantitative estimate of drug-likeness (QED) is 0.150. The summed E-state index contributed by atoms with van der Waals surface area (Å²) in [6.07, 6.45) is 17.2. The summed E-state index contributed by atoms with van der Waals surface area (Å²) in [6.45, 7) is 14.9.